The Balaban J connectivity index is 1.38. The molecule has 2 aromatic heterocycles. The van der Waals surface area contributed by atoms with Gasteiger partial charge >= 0.3 is 6.01 Å². The van der Waals surface area contributed by atoms with Gasteiger partial charge in [-0.05, 0) is 80.1 Å². The summed E-state index contributed by atoms with van der Waals surface area (Å²) < 4.78 is 52.2. The zero-order valence-electron chi connectivity index (χ0n) is 24.9. The highest BCUT2D eigenvalue weighted by Gasteiger charge is 2.49. The van der Waals surface area contributed by atoms with Crippen molar-refractivity contribution in [2.24, 2.45) is 0 Å². The first-order valence-corrected chi connectivity index (χ1v) is 15.4. The molecule has 0 bridgehead atoms. The molecule has 2 aromatic carbocycles. The standard InChI is InChI=1S/C33H36F3N5O3/c1-3-22-25(35)7-6-19-12-21(42)13-23(26(19)22)28-27(36)29-24(15-37-28)30(40-10-4-8-32(2,43)17-40)39-31(38-29)44-18-33-9-5-11-41(33)16-20(34)14-33/h6-7,12-13,15,20,42-43H,3-5,8-11,14,16-18H2,1-2H3/t20-,32+,33+/m0/s1. The number of nitrogens with zero attached hydrogens (tertiary/aromatic N) is 5. The van der Waals surface area contributed by atoms with Gasteiger partial charge < -0.3 is 19.8 Å². The molecule has 4 aromatic rings. The van der Waals surface area contributed by atoms with Crippen LogP contribution < -0.4 is 9.64 Å². The third-order valence-electron chi connectivity index (χ3n) is 9.61. The van der Waals surface area contributed by atoms with Gasteiger partial charge in [-0.15, -0.1) is 0 Å². The first-order chi connectivity index (χ1) is 21.1. The maximum atomic E-state index is 16.7. The first-order valence-electron chi connectivity index (χ1n) is 15.4. The number of rotatable bonds is 6. The van der Waals surface area contributed by atoms with Gasteiger partial charge in [0, 0.05) is 37.8 Å². The van der Waals surface area contributed by atoms with Gasteiger partial charge in [-0.2, -0.15) is 9.97 Å². The minimum Gasteiger partial charge on any atom is -0.508 e. The zero-order chi connectivity index (χ0) is 30.8. The molecule has 3 fully saturated rings. The van der Waals surface area contributed by atoms with Gasteiger partial charge in [-0.25, -0.2) is 13.2 Å². The predicted molar refractivity (Wildman–Crippen MR) is 162 cm³/mol. The third kappa shape index (κ3) is 4.90. The lowest BCUT2D eigenvalue weighted by Crippen LogP contribution is -2.46. The number of phenolic OH excluding ortho intramolecular Hbond substituents is 1. The first kappa shape index (κ1) is 29.0. The summed E-state index contributed by atoms with van der Waals surface area (Å²) in [5.74, 6) is -0.898. The Hall–Kier alpha value is -3.70. The molecule has 8 nitrogen and oxygen atoms in total. The predicted octanol–water partition coefficient (Wildman–Crippen LogP) is 5.70. The number of benzene rings is 2. The molecule has 0 saturated carbocycles. The monoisotopic (exact) mass is 607 g/mol. The van der Waals surface area contributed by atoms with Crippen LogP contribution in [0.3, 0.4) is 0 Å². The van der Waals surface area contributed by atoms with Crippen molar-refractivity contribution < 1.29 is 28.1 Å². The summed E-state index contributed by atoms with van der Waals surface area (Å²) in [4.78, 5) is 17.7. The van der Waals surface area contributed by atoms with Gasteiger partial charge in [0.1, 0.15) is 41.4 Å². The van der Waals surface area contributed by atoms with Gasteiger partial charge in [0.2, 0.25) is 0 Å². The Kier molecular flexibility index (Phi) is 7.08. The van der Waals surface area contributed by atoms with Crippen LogP contribution in [0.5, 0.6) is 11.8 Å². The molecule has 7 rings (SSSR count). The number of ether oxygens (including phenoxy) is 1. The van der Waals surface area contributed by atoms with E-state index in [0.29, 0.717) is 66.3 Å². The molecule has 0 aliphatic carbocycles. The van der Waals surface area contributed by atoms with E-state index in [1.54, 1.807) is 13.0 Å². The number of anilines is 1. The summed E-state index contributed by atoms with van der Waals surface area (Å²) in [6.45, 7) is 5.79. The van der Waals surface area contributed by atoms with Crippen LogP contribution in [0.1, 0.15) is 51.5 Å². The van der Waals surface area contributed by atoms with Crippen LogP contribution in [0.2, 0.25) is 0 Å². The van der Waals surface area contributed by atoms with Crippen molar-refractivity contribution in [2.45, 2.75) is 69.7 Å². The molecule has 0 radical (unpaired) electrons. The second-order valence-corrected chi connectivity index (χ2v) is 12.9. The average molecular weight is 608 g/mol. The Labute approximate surface area is 253 Å². The normalized spacial score (nSPS) is 25.7. The largest absolute Gasteiger partial charge is 0.508 e. The molecule has 0 amide bonds. The van der Waals surface area contributed by atoms with E-state index in [1.807, 2.05) is 11.8 Å². The Morgan fingerprint density at radius 2 is 1.93 bits per heavy atom. The quantitative estimate of drug-likeness (QED) is 0.289. The maximum Gasteiger partial charge on any atom is 0.319 e. The molecule has 5 heterocycles. The minimum atomic E-state index is -0.965. The van der Waals surface area contributed by atoms with Crippen LogP contribution in [0, 0.1) is 11.6 Å². The highest BCUT2D eigenvalue weighted by molar-refractivity contribution is 6.01. The molecule has 44 heavy (non-hydrogen) atoms. The average Bonchev–Trinajstić information content (AvgIpc) is 3.51. The van der Waals surface area contributed by atoms with E-state index >= 15 is 4.39 Å². The molecule has 3 aliphatic heterocycles. The number of hydrogen-bond acceptors (Lipinski definition) is 8. The highest BCUT2D eigenvalue weighted by atomic mass is 19.1. The fourth-order valence-electron chi connectivity index (χ4n) is 7.60. The number of phenols is 1. The smallest absolute Gasteiger partial charge is 0.319 e. The number of β-amino-alcohol motifs (C(OH)–C–C–N with tert-alkyl or cyclic N) is 1. The second-order valence-electron chi connectivity index (χ2n) is 12.9. The molecule has 2 N–H and O–H groups in total. The number of fused-ring (bicyclic) bond motifs is 3. The Morgan fingerprint density at radius 1 is 1.11 bits per heavy atom. The number of pyridine rings is 1. The SMILES string of the molecule is CCc1c(F)ccc2cc(O)cc(-c3ncc4c(N5CCC[C@@](C)(O)C5)nc(OC[C@]56CCCN5C[C@@H](F)C6)nc4c3F)c12. The van der Waals surface area contributed by atoms with E-state index in [1.165, 1.54) is 24.4 Å². The van der Waals surface area contributed by atoms with Gasteiger partial charge in [-0.3, -0.25) is 9.88 Å². The van der Waals surface area contributed by atoms with Crippen molar-refractivity contribution in [3.05, 3.63) is 47.7 Å². The van der Waals surface area contributed by atoms with Gasteiger partial charge in [0.05, 0.1) is 16.5 Å². The molecular formula is C33H36F3N5O3. The van der Waals surface area contributed by atoms with E-state index < -0.39 is 28.9 Å². The molecule has 3 aliphatic rings. The molecule has 11 heteroatoms. The van der Waals surface area contributed by atoms with Gasteiger partial charge in [0.25, 0.3) is 0 Å². The van der Waals surface area contributed by atoms with Crippen molar-refractivity contribution in [2.75, 3.05) is 37.7 Å². The van der Waals surface area contributed by atoms with E-state index in [9.17, 15) is 19.0 Å². The number of aromatic hydroxyl groups is 1. The molecule has 3 atom stereocenters. The van der Waals surface area contributed by atoms with Crippen molar-refractivity contribution >= 4 is 27.5 Å². The van der Waals surface area contributed by atoms with E-state index in [0.717, 1.165) is 19.4 Å². The van der Waals surface area contributed by atoms with Crippen LogP contribution in [0.4, 0.5) is 19.0 Å². The van der Waals surface area contributed by atoms with Crippen LogP contribution in [-0.2, 0) is 6.42 Å². The summed E-state index contributed by atoms with van der Waals surface area (Å²) in [6.07, 6.45) is 4.36. The summed E-state index contributed by atoms with van der Waals surface area (Å²) in [5.41, 5.74) is -0.898. The number of piperidine rings is 1. The highest BCUT2D eigenvalue weighted by Crippen LogP contribution is 2.42. The van der Waals surface area contributed by atoms with Crippen molar-refractivity contribution in [1.29, 1.82) is 0 Å². The Bertz CT molecular complexity index is 1770. The fraction of sp³-hybridized carbons (Fsp3) is 0.485. The lowest BCUT2D eigenvalue weighted by atomic mass is 9.94. The number of aryl methyl sites for hydroxylation is 1. The summed E-state index contributed by atoms with van der Waals surface area (Å²) in [6, 6.07) is 5.75. The molecular weight excluding hydrogens is 571 g/mol. The van der Waals surface area contributed by atoms with Crippen LogP contribution in [-0.4, -0.2) is 80.2 Å². The number of aromatic nitrogens is 3. The summed E-state index contributed by atoms with van der Waals surface area (Å²) in [5, 5.41) is 22.8. The number of halogens is 3. The molecule has 232 valence electrons. The maximum absolute atomic E-state index is 16.7. The van der Waals surface area contributed by atoms with Crippen molar-refractivity contribution in [1.82, 2.24) is 19.9 Å². The van der Waals surface area contributed by atoms with Gasteiger partial charge in [-0.1, -0.05) is 13.0 Å². The Morgan fingerprint density at radius 3 is 2.73 bits per heavy atom. The lowest BCUT2D eigenvalue weighted by Gasteiger charge is -2.38. The van der Waals surface area contributed by atoms with E-state index in [2.05, 4.69) is 14.9 Å². The fourth-order valence-corrected chi connectivity index (χ4v) is 7.60. The van der Waals surface area contributed by atoms with Crippen molar-refractivity contribution in [3.8, 4) is 23.0 Å². The summed E-state index contributed by atoms with van der Waals surface area (Å²) in [7, 11) is 0. The van der Waals surface area contributed by atoms with Gasteiger partial charge in [0.15, 0.2) is 5.82 Å². The number of hydrogen-bond donors (Lipinski definition) is 2. The zero-order valence-corrected chi connectivity index (χ0v) is 24.9. The lowest BCUT2D eigenvalue weighted by molar-refractivity contribution is 0.0447. The second kappa shape index (κ2) is 10.7. The molecule has 3 saturated heterocycles. The topological polar surface area (TPSA) is 94.8 Å². The summed E-state index contributed by atoms with van der Waals surface area (Å²) >= 11 is 0. The van der Waals surface area contributed by atoms with E-state index in [4.69, 9.17) is 9.72 Å². The van der Waals surface area contributed by atoms with Crippen molar-refractivity contribution in [3.63, 3.8) is 0 Å². The minimum absolute atomic E-state index is 0.0401. The third-order valence-corrected chi connectivity index (χ3v) is 9.61. The van der Waals surface area contributed by atoms with Crippen LogP contribution in [0.15, 0.2) is 30.5 Å². The van der Waals surface area contributed by atoms with Crippen LogP contribution in [0.25, 0.3) is 32.9 Å². The number of alkyl halides is 1. The van der Waals surface area contributed by atoms with E-state index in [-0.39, 0.29) is 41.7 Å². The van der Waals surface area contributed by atoms with Crippen LogP contribution >= 0.6 is 0 Å². The molecule has 0 spiro atoms. The molecule has 0 unspecified atom stereocenters. The number of aliphatic hydroxyl groups is 1.